The maximum atomic E-state index is 12.0. The smallest absolute Gasteiger partial charge is 0.230 e. The Kier molecular flexibility index (Phi) is 5.57. The predicted molar refractivity (Wildman–Crippen MR) is 99.6 cm³/mol. The molecular formula is C17H16ClN5OS. The first-order chi connectivity index (χ1) is 12.1. The van der Waals surface area contributed by atoms with Gasteiger partial charge in [-0.1, -0.05) is 65.8 Å². The van der Waals surface area contributed by atoms with E-state index in [9.17, 15) is 4.79 Å². The molecule has 3 N–H and O–H groups in total. The minimum atomic E-state index is -0.0961. The summed E-state index contributed by atoms with van der Waals surface area (Å²) in [4.78, 5) is 12.0. The van der Waals surface area contributed by atoms with E-state index in [4.69, 9.17) is 17.4 Å². The summed E-state index contributed by atoms with van der Waals surface area (Å²) in [5, 5.41) is 12.0. The summed E-state index contributed by atoms with van der Waals surface area (Å²) in [5.41, 5.74) is 1.81. The number of amides is 1. The quantitative estimate of drug-likeness (QED) is 0.512. The van der Waals surface area contributed by atoms with E-state index < -0.39 is 0 Å². The van der Waals surface area contributed by atoms with E-state index in [1.54, 1.807) is 12.1 Å². The van der Waals surface area contributed by atoms with Gasteiger partial charge in [-0.15, -0.1) is 10.2 Å². The van der Waals surface area contributed by atoms with Crippen molar-refractivity contribution in [2.45, 2.75) is 11.7 Å². The molecule has 3 aromatic rings. The molecule has 0 aliphatic rings. The molecule has 0 spiro atoms. The third-order valence-corrected chi connectivity index (χ3v) is 4.59. The highest BCUT2D eigenvalue weighted by molar-refractivity contribution is 7.99. The van der Waals surface area contributed by atoms with Crippen LogP contribution in [-0.2, 0) is 11.3 Å². The molecule has 2 aromatic carbocycles. The fourth-order valence-electron chi connectivity index (χ4n) is 2.18. The number of nitrogens with zero attached hydrogens (tertiary/aromatic N) is 3. The molecule has 6 nitrogen and oxygen atoms in total. The highest BCUT2D eigenvalue weighted by Crippen LogP contribution is 2.23. The number of nitrogens with two attached hydrogens (primary N) is 1. The van der Waals surface area contributed by atoms with Gasteiger partial charge in [-0.2, -0.15) is 0 Å². The second kappa shape index (κ2) is 8.04. The number of halogens is 1. The first-order valence-electron chi connectivity index (χ1n) is 7.53. The Bertz CT molecular complexity index is 868. The highest BCUT2D eigenvalue weighted by Gasteiger charge is 2.14. The zero-order valence-corrected chi connectivity index (χ0v) is 14.8. The Hall–Kier alpha value is -2.51. The van der Waals surface area contributed by atoms with Gasteiger partial charge in [0.25, 0.3) is 0 Å². The van der Waals surface area contributed by atoms with Crippen LogP contribution in [0.5, 0.6) is 0 Å². The Morgan fingerprint density at radius 3 is 2.72 bits per heavy atom. The van der Waals surface area contributed by atoms with Crippen LogP contribution in [-0.4, -0.2) is 26.5 Å². The second-order valence-corrected chi connectivity index (χ2v) is 6.62. The SMILES string of the molecule is Nn1c(SCC(=O)NCc2ccccc2)nnc1-c1cccc(Cl)c1. The number of aromatic nitrogens is 3. The van der Waals surface area contributed by atoms with Crippen LogP contribution in [0.3, 0.4) is 0 Å². The van der Waals surface area contributed by atoms with Gasteiger partial charge in [0.15, 0.2) is 5.82 Å². The number of hydrogen-bond acceptors (Lipinski definition) is 5. The van der Waals surface area contributed by atoms with Crippen molar-refractivity contribution < 1.29 is 4.79 Å². The van der Waals surface area contributed by atoms with Gasteiger partial charge in [-0.05, 0) is 17.7 Å². The van der Waals surface area contributed by atoms with Gasteiger partial charge in [-0.3, -0.25) is 4.79 Å². The molecule has 0 fully saturated rings. The number of carbonyl (C=O) groups excluding carboxylic acids is 1. The lowest BCUT2D eigenvalue weighted by molar-refractivity contribution is -0.118. The average Bonchev–Trinajstić information content (AvgIpc) is 3.00. The molecule has 3 rings (SSSR count). The lowest BCUT2D eigenvalue weighted by atomic mass is 10.2. The van der Waals surface area contributed by atoms with Gasteiger partial charge in [0.2, 0.25) is 11.1 Å². The van der Waals surface area contributed by atoms with Crippen molar-refractivity contribution in [2.75, 3.05) is 11.6 Å². The largest absolute Gasteiger partial charge is 0.351 e. The number of rotatable bonds is 6. The lowest BCUT2D eigenvalue weighted by Gasteiger charge is -2.06. The van der Waals surface area contributed by atoms with Crippen molar-refractivity contribution >= 4 is 29.3 Å². The van der Waals surface area contributed by atoms with Crippen molar-refractivity contribution in [2.24, 2.45) is 0 Å². The Labute approximate surface area is 154 Å². The first kappa shape index (κ1) is 17.3. The number of nitrogens with one attached hydrogen (secondary N) is 1. The molecule has 1 aromatic heterocycles. The second-order valence-electron chi connectivity index (χ2n) is 5.24. The number of nitrogen functional groups attached to an aromatic ring is 1. The molecule has 25 heavy (non-hydrogen) atoms. The molecule has 1 amide bonds. The van der Waals surface area contributed by atoms with Crippen molar-refractivity contribution in [1.82, 2.24) is 20.2 Å². The molecule has 1 heterocycles. The molecule has 8 heteroatoms. The highest BCUT2D eigenvalue weighted by atomic mass is 35.5. The van der Waals surface area contributed by atoms with Crippen LogP contribution in [0.4, 0.5) is 0 Å². The number of hydrogen-bond donors (Lipinski definition) is 2. The van der Waals surface area contributed by atoms with Gasteiger partial charge in [0.05, 0.1) is 5.75 Å². The van der Waals surface area contributed by atoms with Gasteiger partial charge in [0, 0.05) is 17.1 Å². The summed E-state index contributed by atoms with van der Waals surface area (Å²) in [6.45, 7) is 0.489. The van der Waals surface area contributed by atoms with E-state index in [1.165, 1.54) is 16.4 Å². The monoisotopic (exact) mass is 373 g/mol. The van der Waals surface area contributed by atoms with Crippen LogP contribution in [0, 0.1) is 0 Å². The molecule has 0 aliphatic heterocycles. The summed E-state index contributed by atoms with van der Waals surface area (Å²) < 4.78 is 1.36. The molecule has 0 saturated heterocycles. The summed E-state index contributed by atoms with van der Waals surface area (Å²) >= 11 is 7.21. The van der Waals surface area contributed by atoms with Crippen LogP contribution in [0.1, 0.15) is 5.56 Å². The third kappa shape index (κ3) is 4.52. The van der Waals surface area contributed by atoms with Crippen LogP contribution in [0.25, 0.3) is 11.4 Å². The Morgan fingerprint density at radius 2 is 1.96 bits per heavy atom. The molecular weight excluding hydrogens is 358 g/mol. The minimum Gasteiger partial charge on any atom is -0.351 e. The van der Waals surface area contributed by atoms with Gasteiger partial charge >= 0.3 is 0 Å². The van der Waals surface area contributed by atoms with Gasteiger partial charge in [0.1, 0.15) is 0 Å². The van der Waals surface area contributed by atoms with Gasteiger partial charge < -0.3 is 11.2 Å². The maximum absolute atomic E-state index is 12.0. The minimum absolute atomic E-state index is 0.0961. The van der Waals surface area contributed by atoms with E-state index in [0.29, 0.717) is 22.5 Å². The van der Waals surface area contributed by atoms with Crippen molar-refractivity contribution in [1.29, 1.82) is 0 Å². The van der Waals surface area contributed by atoms with Crippen LogP contribution >= 0.6 is 23.4 Å². The Morgan fingerprint density at radius 1 is 1.16 bits per heavy atom. The van der Waals surface area contributed by atoms with E-state index >= 15 is 0 Å². The van der Waals surface area contributed by atoms with Crippen molar-refractivity contribution in [3.63, 3.8) is 0 Å². The first-order valence-corrected chi connectivity index (χ1v) is 8.89. The molecule has 0 radical (unpaired) electrons. The topological polar surface area (TPSA) is 85.8 Å². The normalized spacial score (nSPS) is 10.6. The van der Waals surface area contributed by atoms with Gasteiger partial charge in [-0.25, -0.2) is 4.68 Å². The van der Waals surface area contributed by atoms with Crippen LogP contribution in [0.15, 0.2) is 59.8 Å². The molecule has 128 valence electrons. The maximum Gasteiger partial charge on any atom is 0.230 e. The number of benzene rings is 2. The zero-order chi connectivity index (χ0) is 17.6. The van der Waals surface area contributed by atoms with Crippen molar-refractivity contribution in [3.05, 3.63) is 65.2 Å². The van der Waals surface area contributed by atoms with E-state index in [2.05, 4.69) is 15.5 Å². The Balaban J connectivity index is 1.58. The predicted octanol–water partition coefficient (Wildman–Crippen LogP) is 2.72. The summed E-state index contributed by atoms with van der Waals surface area (Å²) in [5.74, 6) is 6.64. The van der Waals surface area contributed by atoms with E-state index in [-0.39, 0.29) is 11.7 Å². The number of thioether (sulfide) groups is 1. The third-order valence-electron chi connectivity index (χ3n) is 3.41. The number of carbonyl (C=O) groups is 1. The summed E-state index contributed by atoms with van der Waals surface area (Å²) in [6.07, 6.45) is 0. The molecule has 0 saturated carbocycles. The standard InChI is InChI=1S/C17H16ClN5OS/c18-14-8-4-7-13(9-14)16-21-22-17(23(16)19)25-11-15(24)20-10-12-5-2-1-3-6-12/h1-9H,10-11,19H2,(H,20,24). The van der Waals surface area contributed by atoms with E-state index in [1.807, 2.05) is 42.5 Å². The molecule has 0 aliphatic carbocycles. The zero-order valence-electron chi connectivity index (χ0n) is 13.2. The van der Waals surface area contributed by atoms with E-state index in [0.717, 1.165) is 11.1 Å². The molecule has 0 unspecified atom stereocenters. The summed E-state index contributed by atoms with van der Waals surface area (Å²) in [6, 6.07) is 16.9. The summed E-state index contributed by atoms with van der Waals surface area (Å²) in [7, 11) is 0. The molecule has 0 bridgehead atoms. The van der Waals surface area contributed by atoms with Crippen LogP contribution in [0.2, 0.25) is 5.02 Å². The fourth-order valence-corrected chi connectivity index (χ4v) is 3.05. The fraction of sp³-hybridized carbons (Fsp3) is 0.118. The van der Waals surface area contributed by atoms with Crippen molar-refractivity contribution in [3.8, 4) is 11.4 Å². The lowest BCUT2D eigenvalue weighted by Crippen LogP contribution is -2.25. The average molecular weight is 374 g/mol. The molecule has 0 atom stereocenters. The van der Waals surface area contributed by atoms with Crippen LogP contribution < -0.4 is 11.2 Å².